The minimum absolute atomic E-state index is 0.0477. The second kappa shape index (κ2) is 17.3. The van der Waals surface area contributed by atoms with E-state index in [2.05, 4.69) is 10.6 Å². The number of carboxylic acids is 1. The summed E-state index contributed by atoms with van der Waals surface area (Å²) in [4.78, 5) is 49.7. The molecule has 1 fully saturated rings. The highest BCUT2D eigenvalue weighted by Gasteiger charge is 2.42. The molecule has 6 N–H and O–H groups in total. The van der Waals surface area contributed by atoms with Crippen molar-refractivity contribution < 1.29 is 58.2 Å². The van der Waals surface area contributed by atoms with Crippen molar-refractivity contribution in [3.8, 4) is 0 Å². The average Bonchev–Trinajstić information content (AvgIpc) is 3.61. The van der Waals surface area contributed by atoms with Crippen LogP contribution in [0.3, 0.4) is 0 Å². The molecule has 2 amide bonds. The van der Waals surface area contributed by atoms with E-state index in [4.69, 9.17) is 23.9 Å². The molecular weight excluding hydrogens is 594 g/mol. The molecule has 0 radical (unpaired) electrons. The van der Waals surface area contributed by atoms with Crippen molar-refractivity contribution in [3.05, 3.63) is 44.8 Å². The summed E-state index contributed by atoms with van der Waals surface area (Å²) in [6.45, 7) is -1.09. The third kappa shape index (κ3) is 12.2. The Morgan fingerprint density at radius 1 is 1.02 bits per heavy atom. The van der Waals surface area contributed by atoms with Crippen molar-refractivity contribution in [2.24, 2.45) is 0 Å². The number of rotatable bonds is 18. The normalized spacial score (nSPS) is 17.2. The summed E-state index contributed by atoms with van der Waals surface area (Å²) in [5.41, 5.74) is 0. The number of aliphatic carboxylic acids is 1. The van der Waals surface area contributed by atoms with Gasteiger partial charge in [-0.1, -0.05) is 12.1 Å². The van der Waals surface area contributed by atoms with E-state index >= 15 is 0 Å². The second-order valence-corrected chi connectivity index (χ2v) is 11.5. The Kier molecular flexibility index (Phi) is 13.9. The minimum Gasteiger partial charge on any atom is -0.508 e. The monoisotopic (exact) mass is 626 g/mol. The largest absolute Gasteiger partial charge is 0.554 e. The Balaban J connectivity index is 1.55. The van der Waals surface area contributed by atoms with Gasteiger partial charge in [0.2, 0.25) is 11.8 Å². The molecule has 4 unspecified atom stereocenters. The molecule has 2 aromatic heterocycles. The quantitative estimate of drug-likeness (QED) is 0.108. The lowest BCUT2D eigenvalue weighted by molar-refractivity contribution is -0.145. The highest BCUT2D eigenvalue weighted by Crippen LogP contribution is 2.16. The first-order valence-corrected chi connectivity index (χ1v) is 14.7. The van der Waals surface area contributed by atoms with Crippen LogP contribution in [0.15, 0.2) is 35.0 Å². The highest BCUT2D eigenvalue weighted by molar-refractivity contribution is 7.10. The van der Waals surface area contributed by atoms with Gasteiger partial charge in [-0.2, -0.15) is 0 Å². The minimum atomic E-state index is -1.90. The number of hydrogen-bond acceptors (Lipinski definition) is 13. The molecular formula is C24H32B2N2O12S2. The standard InChI is InChI=1S/C24H32B2N2O12S2/c29-15(7-23(32)33)11-37-14-20(28-22(31)10-18-4-2-6-42-18)26-39-16(8-24(34)40-26)12-38-13-19(25(35)36)27-21(30)9-17-3-1-5-41-17/h1-6,15-16,19-20,29,35-36H,7-14H2,(H,27,30)(H,28,31)(H,32,33). The second-order valence-electron chi connectivity index (χ2n) is 9.42. The summed E-state index contributed by atoms with van der Waals surface area (Å²) < 4.78 is 22.1. The lowest BCUT2D eigenvalue weighted by atomic mass is 9.76. The maximum absolute atomic E-state index is 12.7. The third-order valence-corrected chi connectivity index (χ3v) is 7.55. The van der Waals surface area contributed by atoms with Gasteiger partial charge >= 0.3 is 20.2 Å². The van der Waals surface area contributed by atoms with Gasteiger partial charge in [0.1, 0.15) is 5.94 Å². The van der Waals surface area contributed by atoms with Gasteiger partial charge < -0.3 is 49.7 Å². The Morgan fingerprint density at radius 2 is 1.67 bits per heavy atom. The van der Waals surface area contributed by atoms with E-state index in [-0.39, 0.29) is 45.7 Å². The molecule has 2 aromatic rings. The average molecular weight is 626 g/mol. The fraction of sp³-hybridized carbons (Fsp3) is 0.500. The zero-order chi connectivity index (χ0) is 30.5. The van der Waals surface area contributed by atoms with Gasteiger partial charge in [0.15, 0.2) is 0 Å². The summed E-state index contributed by atoms with van der Waals surface area (Å²) in [7, 11) is -3.20. The highest BCUT2D eigenvalue weighted by atomic mass is 32.1. The van der Waals surface area contributed by atoms with Gasteiger partial charge in [0.25, 0.3) is 5.97 Å². The third-order valence-electron chi connectivity index (χ3n) is 5.80. The predicted molar refractivity (Wildman–Crippen MR) is 151 cm³/mol. The fourth-order valence-electron chi connectivity index (χ4n) is 3.87. The molecule has 14 nitrogen and oxygen atoms in total. The van der Waals surface area contributed by atoms with Gasteiger partial charge in [-0.05, 0) is 22.9 Å². The van der Waals surface area contributed by atoms with E-state index in [1.54, 1.807) is 24.3 Å². The molecule has 1 saturated heterocycles. The topological polar surface area (TPSA) is 210 Å². The van der Waals surface area contributed by atoms with E-state index < -0.39 is 68.5 Å². The molecule has 0 aromatic carbocycles. The van der Waals surface area contributed by atoms with E-state index in [0.717, 1.165) is 9.75 Å². The van der Waals surface area contributed by atoms with E-state index in [9.17, 15) is 34.3 Å². The summed E-state index contributed by atoms with van der Waals surface area (Å²) in [5, 5.41) is 46.8. The van der Waals surface area contributed by atoms with Gasteiger partial charge in [0, 0.05) is 9.75 Å². The van der Waals surface area contributed by atoms with Crippen molar-refractivity contribution in [1.29, 1.82) is 0 Å². The van der Waals surface area contributed by atoms with Crippen molar-refractivity contribution in [2.75, 3.05) is 26.4 Å². The summed E-state index contributed by atoms with van der Waals surface area (Å²) in [6, 6.07) is 7.15. The molecule has 42 heavy (non-hydrogen) atoms. The van der Waals surface area contributed by atoms with Crippen LogP contribution >= 0.6 is 22.7 Å². The SMILES string of the molecule is O=C(O)CC(O)COCC(NC(=O)Cc1cccs1)B1OC(=O)CC(COCC(NC(=O)Cc2cccs2)B(O)O)O1. The van der Waals surface area contributed by atoms with Crippen molar-refractivity contribution >= 4 is 60.7 Å². The molecule has 0 spiro atoms. The molecule has 1 aliphatic heterocycles. The van der Waals surface area contributed by atoms with Crippen LogP contribution in [0.5, 0.6) is 0 Å². The fourth-order valence-corrected chi connectivity index (χ4v) is 5.28. The number of carbonyl (C=O) groups excluding carboxylic acids is 3. The molecule has 0 saturated carbocycles. The first-order valence-electron chi connectivity index (χ1n) is 13.0. The number of nitrogens with one attached hydrogen (secondary N) is 2. The van der Waals surface area contributed by atoms with Crippen LogP contribution in [-0.2, 0) is 50.8 Å². The Bertz CT molecular complexity index is 1140. The number of aliphatic hydroxyl groups is 1. The number of amides is 2. The van der Waals surface area contributed by atoms with Gasteiger partial charge in [-0.15, -0.1) is 22.7 Å². The molecule has 4 atom stereocenters. The molecule has 3 heterocycles. The molecule has 1 aliphatic rings. The Labute approximate surface area is 250 Å². The van der Waals surface area contributed by atoms with E-state index in [1.165, 1.54) is 22.7 Å². The van der Waals surface area contributed by atoms with Crippen LogP contribution < -0.4 is 10.6 Å². The number of carbonyl (C=O) groups is 4. The van der Waals surface area contributed by atoms with Crippen LogP contribution in [0.25, 0.3) is 0 Å². The predicted octanol–water partition coefficient (Wildman–Crippen LogP) is -1.20. The number of ether oxygens (including phenoxy) is 2. The zero-order valence-electron chi connectivity index (χ0n) is 22.5. The number of aliphatic hydroxyl groups excluding tert-OH is 1. The first kappa shape index (κ1) is 33.7. The summed E-state index contributed by atoms with van der Waals surface area (Å²) in [5.74, 6) is -4.84. The number of hydrogen-bond donors (Lipinski definition) is 6. The summed E-state index contributed by atoms with van der Waals surface area (Å²) >= 11 is 2.77. The maximum Gasteiger partial charge on any atom is 0.554 e. The van der Waals surface area contributed by atoms with Crippen LogP contribution in [0.2, 0.25) is 0 Å². The van der Waals surface area contributed by atoms with Crippen LogP contribution in [0, 0.1) is 0 Å². The number of carboxylic acid groups (broad SMARTS) is 1. The van der Waals surface area contributed by atoms with Gasteiger partial charge in [-0.3, -0.25) is 19.2 Å². The first-order chi connectivity index (χ1) is 20.1. The van der Waals surface area contributed by atoms with Gasteiger partial charge in [0.05, 0.1) is 70.3 Å². The summed E-state index contributed by atoms with van der Waals surface area (Å²) in [6.07, 6.45) is -2.75. The Hall–Kier alpha value is -2.83. The smallest absolute Gasteiger partial charge is 0.508 e. The van der Waals surface area contributed by atoms with Gasteiger partial charge in [-0.25, -0.2) is 0 Å². The molecule has 228 valence electrons. The molecule has 0 aliphatic carbocycles. The van der Waals surface area contributed by atoms with Crippen molar-refractivity contribution in [2.45, 2.75) is 49.8 Å². The van der Waals surface area contributed by atoms with E-state index in [0.29, 0.717) is 0 Å². The maximum atomic E-state index is 12.7. The molecule has 18 heteroatoms. The van der Waals surface area contributed by atoms with Crippen LogP contribution in [-0.4, -0.2) is 109 Å². The van der Waals surface area contributed by atoms with Crippen LogP contribution in [0.1, 0.15) is 22.6 Å². The Morgan fingerprint density at radius 3 is 2.24 bits per heavy atom. The van der Waals surface area contributed by atoms with E-state index in [1.807, 2.05) is 10.8 Å². The lowest BCUT2D eigenvalue weighted by Gasteiger charge is -2.32. The van der Waals surface area contributed by atoms with Crippen molar-refractivity contribution in [3.63, 3.8) is 0 Å². The van der Waals surface area contributed by atoms with Crippen LogP contribution in [0.4, 0.5) is 0 Å². The molecule has 3 rings (SSSR count). The molecule has 0 bridgehead atoms. The van der Waals surface area contributed by atoms with Crippen molar-refractivity contribution in [1.82, 2.24) is 10.6 Å². The number of thiophene rings is 2. The zero-order valence-corrected chi connectivity index (χ0v) is 24.1. The lowest BCUT2D eigenvalue weighted by Crippen LogP contribution is -2.57.